The van der Waals surface area contributed by atoms with Gasteiger partial charge in [-0.05, 0) is 0 Å². The predicted octanol–water partition coefficient (Wildman–Crippen LogP) is -1.86. The van der Waals surface area contributed by atoms with Crippen LogP contribution >= 0.6 is 0 Å². The number of nitrogens with zero attached hydrogens (tertiary/aromatic N) is 1. The highest BCUT2D eigenvalue weighted by atomic mass is 16.2. The lowest BCUT2D eigenvalue weighted by Crippen LogP contribution is -2.46. The average molecular weight is 240 g/mol. The second kappa shape index (κ2) is 5.97. The molecule has 6 heteroatoms. The van der Waals surface area contributed by atoms with Gasteiger partial charge in [-0.15, -0.1) is 0 Å². The van der Waals surface area contributed by atoms with E-state index in [0.29, 0.717) is 19.5 Å². The number of rotatable bonds is 4. The highest BCUT2D eigenvalue weighted by Gasteiger charge is 2.27. The average Bonchev–Trinajstić information content (AvgIpc) is 2.77. The summed E-state index contributed by atoms with van der Waals surface area (Å²) in [5.74, 6) is -0.198. The Kier molecular flexibility index (Phi) is 4.33. The van der Waals surface area contributed by atoms with Gasteiger partial charge in [0.05, 0.1) is 5.92 Å². The van der Waals surface area contributed by atoms with Crippen LogP contribution in [0.2, 0.25) is 0 Å². The van der Waals surface area contributed by atoms with E-state index < -0.39 is 0 Å². The summed E-state index contributed by atoms with van der Waals surface area (Å²) < 4.78 is 0. The molecule has 2 heterocycles. The molecule has 17 heavy (non-hydrogen) atoms. The lowest BCUT2D eigenvalue weighted by atomic mass is 10.1. The second-order valence-corrected chi connectivity index (χ2v) is 4.59. The quantitative estimate of drug-likeness (QED) is 0.539. The fourth-order valence-corrected chi connectivity index (χ4v) is 2.21. The normalized spacial score (nSPS) is 25.6. The first-order valence-corrected chi connectivity index (χ1v) is 6.23. The van der Waals surface area contributed by atoms with Gasteiger partial charge in [-0.2, -0.15) is 0 Å². The van der Waals surface area contributed by atoms with E-state index in [1.807, 2.05) is 0 Å². The van der Waals surface area contributed by atoms with E-state index in [9.17, 15) is 9.59 Å². The number of nitrogens with one attached hydrogen (secondary N) is 3. The molecule has 2 aliphatic rings. The van der Waals surface area contributed by atoms with Gasteiger partial charge in [-0.3, -0.25) is 14.5 Å². The Balaban J connectivity index is 1.61. The Morgan fingerprint density at radius 1 is 1.41 bits per heavy atom. The third-order valence-corrected chi connectivity index (χ3v) is 3.29. The summed E-state index contributed by atoms with van der Waals surface area (Å²) in [6, 6.07) is 0. The van der Waals surface area contributed by atoms with Crippen molar-refractivity contribution >= 4 is 11.8 Å². The molecule has 0 aliphatic carbocycles. The number of piperazine rings is 1. The monoisotopic (exact) mass is 240 g/mol. The zero-order valence-electron chi connectivity index (χ0n) is 10.00. The number of hydrogen-bond acceptors (Lipinski definition) is 4. The summed E-state index contributed by atoms with van der Waals surface area (Å²) in [6.45, 7) is 6.17. The first-order chi connectivity index (χ1) is 8.25. The maximum Gasteiger partial charge on any atom is 0.225 e. The van der Waals surface area contributed by atoms with Crippen molar-refractivity contribution in [3.8, 4) is 0 Å². The molecule has 0 bridgehead atoms. The first-order valence-electron chi connectivity index (χ1n) is 6.23. The molecule has 96 valence electrons. The molecular weight excluding hydrogens is 220 g/mol. The molecule has 2 fully saturated rings. The van der Waals surface area contributed by atoms with Crippen molar-refractivity contribution in [2.75, 3.05) is 45.8 Å². The fourth-order valence-electron chi connectivity index (χ4n) is 2.21. The van der Waals surface area contributed by atoms with Gasteiger partial charge in [0.25, 0.3) is 0 Å². The molecule has 2 aliphatic heterocycles. The Bertz CT molecular complexity index is 289. The van der Waals surface area contributed by atoms with Crippen molar-refractivity contribution in [2.45, 2.75) is 6.42 Å². The van der Waals surface area contributed by atoms with E-state index >= 15 is 0 Å². The minimum atomic E-state index is -0.175. The van der Waals surface area contributed by atoms with Crippen LogP contribution in [0.4, 0.5) is 0 Å². The molecule has 0 saturated carbocycles. The SMILES string of the molecule is O=C1CC(C(=O)NCCN2CCNCC2)CN1. The number of carbonyl (C=O) groups excluding carboxylic acids is 2. The number of carbonyl (C=O) groups is 2. The molecule has 0 aromatic rings. The van der Waals surface area contributed by atoms with E-state index in [1.54, 1.807) is 0 Å². The van der Waals surface area contributed by atoms with Crippen molar-refractivity contribution in [1.82, 2.24) is 20.9 Å². The maximum absolute atomic E-state index is 11.7. The minimum Gasteiger partial charge on any atom is -0.355 e. The standard InChI is InChI=1S/C11H20N4O2/c16-10-7-9(8-14-10)11(17)13-3-6-15-4-1-12-2-5-15/h9,12H,1-8H2,(H,13,17)(H,14,16). The Morgan fingerprint density at radius 3 is 2.82 bits per heavy atom. The van der Waals surface area contributed by atoms with Crippen LogP contribution in [-0.2, 0) is 9.59 Å². The van der Waals surface area contributed by atoms with E-state index in [-0.39, 0.29) is 17.7 Å². The molecule has 0 aromatic heterocycles. The second-order valence-electron chi connectivity index (χ2n) is 4.59. The molecule has 0 aromatic carbocycles. The van der Waals surface area contributed by atoms with Crippen LogP contribution in [-0.4, -0.2) is 62.5 Å². The van der Waals surface area contributed by atoms with Crippen LogP contribution in [0.1, 0.15) is 6.42 Å². The zero-order valence-corrected chi connectivity index (χ0v) is 10.00. The molecule has 6 nitrogen and oxygen atoms in total. The maximum atomic E-state index is 11.7. The molecule has 2 amide bonds. The van der Waals surface area contributed by atoms with E-state index in [0.717, 1.165) is 32.7 Å². The summed E-state index contributed by atoms with van der Waals surface area (Å²) in [4.78, 5) is 25.0. The van der Waals surface area contributed by atoms with Crippen molar-refractivity contribution < 1.29 is 9.59 Å². The zero-order chi connectivity index (χ0) is 12.1. The summed E-state index contributed by atoms with van der Waals surface area (Å²) in [5, 5.41) is 8.86. The molecular formula is C11H20N4O2. The van der Waals surface area contributed by atoms with Gasteiger partial charge in [-0.1, -0.05) is 0 Å². The molecule has 1 unspecified atom stereocenters. The lowest BCUT2D eigenvalue weighted by Gasteiger charge is -2.27. The summed E-state index contributed by atoms with van der Waals surface area (Å²) in [7, 11) is 0. The van der Waals surface area contributed by atoms with Crippen LogP contribution in [0.25, 0.3) is 0 Å². The predicted molar refractivity (Wildman–Crippen MR) is 63.4 cm³/mol. The van der Waals surface area contributed by atoms with Gasteiger partial charge in [0.1, 0.15) is 0 Å². The third kappa shape index (κ3) is 3.67. The van der Waals surface area contributed by atoms with Gasteiger partial charge in [0, 0.05) is 52.2 Å². The van der Waals surface area contributed by atoms with Crippen LogP contribution in [0.3, 0.4) is 0 Å². The Hall–Kier alpha value is -1.14. The molecule has 3 N–H and O–H groups in total. The van der Waals surface area contributed by atoms with Crippen LogP contribution < -0.4 is 16.0 Å². The van der Waals surface area contributed by atoms with Crippen molar-refractivity contribution in [2.24, 2.45) is 5.92 Å². The molecule has 0 radical (unpaired) electrons. The van der Waals surface area contributed by atoms with Gasteiger partial charge < -0.3 is 16.0 Å². The Labute approximate surface area is 101 Å². The van der Waals surface area contributed by atoms with Gasteiger partial charge in [-0.25, -0.2) is 0 Å². The molecule has 1 atom stereocenters. The van der Waals surface area contributed by atoms with Crippen LogP contribution in [0.5, 0.6) is 0 Å². The Morgan fingerprint density at radius 2 is 2.18 bits per heavy atom. The summed E-state index contributed by atoms with van der Waals surface area (Å²) in [6.07, 6.45) is 0.333. The van der Waals surface area contributed by atoms with E-state index in [2.05, 4.69) is 20.9 Å². The van der Waals surface area contributed by atoms with Crippen molar-refractivity contribution in [3.63, 3.8) is 0 Å². The lowest BCUT2D eigenvalue weighted by molar-refractivity contribution is -0.126. The van der Waals surface area contributed by atoms with Crippen LogP contribution in [0, 0.1) is 5.92 Å². The largest absolute Gasteiger partial charge is 0.355 e. The highest BCUT2D eigenvalue weighted by molar-refractivity contribution is 5.89. The van der Waals surface area contributed by atoms with Crippen molar-refractivity contribution in [1.29, 1.82) is 0 Å². The molecule has 2 rings (SSSR count). The molecule has 2 saturated heterocycles. The highest BCUT2D eigenvalue weighted by Crippen LogP contribution is 2.08. The van der Waals surface area contributed by atoms with Gasteiger partial charge in [0.2, 0.25) is 11.8 Å². The molecule has 0 spiro atoms. The topological polar surface area (TPSA) is 73.5 Å². The van der Waals surface area contributed by atoms with Gasteiger partial charge in [0.15, 0.2) is 0 Å². The van der Waals surface area contributed by atoms with Gasteiger partial charge >= 0.3 is 0 Å². The third-order valence-electron chi connectivity index (χ3n) is 3.29. The number of hydrogen-bond donors (Lipinski definition) is 3. The minimum absolute atomic E-state index is 0.00140. The van der Waals surface area contributed by atoms with Crippen LogP contribution in [0.15, 0.2) is 0 Å². The first kappa shape index (κ1) is 12.3. The van der Waals surface area contributed by atoms with Crippen molar-refractivity contribution in [3.05, 3.63) is 0 Å². The fraction of sp³-hybridized carbons (Fsp3) is 0.818. The number of amides is 2. The smallest absolute Gasteiger partial charge is 0.225 e. The summed E-state index contributed by atoms with van der Waals surface area (Å²) in [5.41, 5.74) is 0. The van der Waals surface area contributed by atoms with E-state index in [4.69, 9.17) is 0 Å². The van der Waals surface area contributed by atoms with E-state index in [1.165, 1.54) is 0 Å². The summed E-state index contributed by atoms with van der Waals surface area (Å²) >= 11 is 0.